The number of aliphatic carboxylic acids is 1. The first-order valence-electron chi connectivity index (χ1n) is 4.29. The quantitative estimate of drug-likeness (QED) is 0.860. The van der Waals surface area contributed by atoms with Crippen molar-refractivity contribution in [1.82, 2.24) is 0 Å². The zero-order valence-electron chi connectivity index (χ0n) is 8.45. The summed E-state index contributed by atoms with van der Waals surface area (Å²) >= 11 is 3.36. The third-order valence-electron chi connectivity index (χ3n) is 1.84. The molecule has 0 saturated heterocycles. The van der Waals surface area contributed by atoms with Crippen LogP contribution in [0.3, 0.4) is 0 Å². The summed E-state index contributed by atoms with van der Waals surface area (Å²) in [5, 5.41) is 8.53. The predicted molar refractivity (Wildman–Crippen MR) is 62.1 cm³/mol. The number of ether oxygens (including phenoxy) is 1. The number of benzene rings is 1. The molecule has 80 valence electrons. The topological polar surface area (TPSA) is 46.5 Å². The highest BCUT2D eigenvalue weighted by Gasteiger charge is 2.05. The van der Waals surface area contributed by atoms with Crippen molar-refractivity contribution in [1.29, 1.82) is 0 Å². The van der Waals surface area contributed by atoms with Crippen molar-refractivity contribution >= 4 is 28.0 Å². The van der Waals surface area contributed by atoms with E-state index in [0.717, 1.165) is 21.7 Å². The van der Waals surface area contributed by atoms with E-state index in [4.69, 9.17) is 9.84 Å². The van der Waals surface area contributed by atoms with Gasteiger partial charge in [0, 0.05) is 6.08 Å². The number of carbonyl (C=O) groups is 1. The van der Waals surface area contributed by atoms with Crippen molar-refractivity contribution in [2.75, 3.05) is 7.11 Å². The average molecular weight is 271 g/mol. The molecular weight excluding hydrogens is 260 g/mol. The number of hydrogen-bond donors (Lipinski definition) is 1. The normalized spacial score (nSPS) is 10.6. The van der Waals surface area contributed by atoms with Crippen molar-refractivity contribution in [3.05, 3.63) is 33.8 Å². The van der Waals surface area contributed by atoms with Gasteiger partial charge in [-0.05, 0) is 46.1 Å². The van der Waals surface area contributed by atoms with Crippen molar-refractivity contribution in [2.45, 2.75) is 6.92 Å². The van der Waals surface area contributed by atoms with E-state index in [0.29, 0.717) is 5.75 Å². The molecule has 15 heavy (non-hydrogen) atoms. The van der Waals surface area contributed by atoms with Crippen LogP contribution in [0.25, 0.3) is 6.08 Å². The molecule has 0 heterocycles. The second-order valence-corrected chi connectivity index (χ2v) is 3.83. The Kier molecular flexibility index (Phi) is 3.91. The van der Waals surface area contributed by atoms with E-state index in [1.807, 2.05) is 19.1 Å². The highest BCUT2D eigenvalue weighted by Crippen LogP contribution is 2.30. The Labute approximate surface area is 96.5 Å². The van der Waals surface area contributed by atoms with Crippen LogP contribution in [-0.4, -0.2) is 18.2 Å². The zero-order chi connectivity index (χ0) is 11.4. The minimum atomic E-state index is -0.970. The number of hydrogen-bond acceptors (Lipinski definition) is 2. The van der Waals surface area contributed by atoms with Crippen LogP contribution in [0.2, 0.25) is 0 Å². The van der Waals surface area contributed by atoms with Gasteiger partial charge in [0.15, 0.2) is 0 Å². The molecule has 0 spiro atoms. The molecule has 0 unspecified atom stereocenters. The molecule has 0 aromatic heterocycles. The van der Waals surface area contributed by atoms with E-state index in [-0.39, 0.29) is 0 Å². The first-order chi connectivity index (χ1) is 7.04. The van der Waals surface area contributed by atoms with Crippen LogP contribution in [0.15, 0.2) is 22.7 Å². The van der Waals surface area contributed by atoms with Gasteiger partial charge < -0.3 is 9.84 Å². The molecule has 1 rings (SSSR count). The Bertz CT molecular complexity index is 411. The number of rotatable bonds is 3. The van der Waals surface area contributed by atoms with Gasteiger partial charge in [-0.1, -0.05) is 6.07 Å². The third kappa shape index (κ3) is 3.09. The Morgan fingerprint density at radius 2 is 2.20 bits per heavy atom. The Balaban J connectivity index is 3.17. The van der Waals surface area contributed by atoms with Gasteiger partial charge in [-0.2, -0.15) is 0 Å². The number of aryl methyl sites for hydroxylation is 1. The van der Waals surface area contributed by atoms with E-state index in [2.05, 4.69) is 15.9 Å². The van der Waals surface area contributed by atoms with Crippen LogP contribution in [0.1, 0.15) is 11.1 Å². The Morgan fingerprint density at radius 3 is 2.73 bits per heavy atom. The fourth-order valence-electron chi connectivity index (χ4n) is 1.19. The van der Waals surface area contributed by atoms with Crippen LogP contribution in [0.5, 0.6) is 5.75 Å². The van der Waals surface area contributed by atoms with E-state index >= 15 is 0 Å². The zero-order valence-corrected chi connectivity index (χ0v) is 10.0. The minimum Gasteiger partial charge on any atom is -0.496 e. The maximum absolute atomic E-state index is 10.4. The first-order valence-corrected chi connectivity index (χ1v) is 5.09. The molecular formula is C11H11BrO3. The highest BCUT2D eigenvalue weighted by molar-refractivity contribution is 9.10. The van der Waals surface area contributed by atoms with Crippen LogP contribution >= 0.6 is 15.9 Å². The van der Waals surface area contributed by atoms with E-state index in [1.54, 1.807) is 7.11 Å². The van der Waals surface area contributed by atoms with E-state index in [9.17, 15) is 4.79 Å². The molecule has 0 aliphatic carbocycles. The van der Waals surface area contributed by atoms with Gasteiger partial charge in [-0.25, -0.2) is 4.79 Å². The second kappa shape index (κ2) is 4.98. The summed E-state index contributed by atoms with van der Waals surface area (Å²) in [5.74, 6) is -0.276. The van der Waals surface area contributed by atoms with Gasteiger partial charge in [-0.3, -0.25) is 0 Å². The number of carboxylic acids is 1. The summed E-state index contributed by atoms with van der Waals surface area (Å²) in [7, 11) is 1.57. The van der Waals surface area contributed by atoms with Gasteiger partial charge in [-0.15, -0.1) is 0 Å². The molecule has 0 bridgehead atoms. The van der Waals surface area contributed by atoms with Crippen molar-refractivity contribution in [2.24, 2.45) is 0 Å². The van der Waals surface area contributed by atoms with E-state index in [1.165, 1.54) is 6.08 Å². The lowest BCUT2D eigenvalue weighted by Gasteiger charge is -2.07. The fourth-order valence-corrected chi connectivity index (χ4v) is 1.72. The lowest BCUT2D eigenvalue weighted by atomic mass is 10.1. The number of halogens is 1. The summed E-state index contributed by atoms with van der Waals surface area (Å²) in [4.78, 5) is 10.4. The van der Waals surface area contributed by atoms with Gasteiger partial charge in [0.25, 0.3) is 0 Å². The Morgan fingerprint density at radius 1 is 1.53 bits per heavy atom. The Hall–Kier alpha value is -1.29. The number of carboxylic acid groups (broad SMARTS) is 1. The van der Waals surface area contributed by atoms with Crippen LogP contribution in [-0.2, 0) is 4.79 Å². The fraction of sp³-hybridized carbons (Fsp3) is 0.182. The number of methoxy groups -OCH3 is 1. The molecule has 0 amide bonds. The van der Waals surface area contributed by atoms with Crippen LogP contribution in [0.4, 0.5) is 0 Å². The van der Waals surface area contributed by atoms with Gasteiger partial charge in [0.2, 0.25) is 0 Å². The molecule has 0 radical (unpaired) electrons. The van der Waals surface area contributed by atoms with Gasteiger partial charge >= 0.3 is 5.97 Å². The first kappa shape index (κ1) is 11.8. The maximum atomic E-state index is 10.4. The maximum Gasteiger partial charge on any atom is 0.328 e. The summed E-state index contributed by atoms with van der Waals surface area (Å²) in [6.07, 6.45) is 2.63. The molecule has 1 aromatic rings. The molecule has 0 atom stereocenters. The molecule has 4 heteroatoms. The van der Waals surface area contributed by atoms with Crippen LogP contribution in [0, 0.1) is 6.92 Å². The lowest BCUT2D eigenvalue weighted by Crippen LogP contribution is -1.90. The van der Waals surface area contributed by atoms with Crippen molar-refractivity contribution in [3.63, 3.8) is 0 Å². The summed E-state index contributed by atoms with van der Waals surface area (Å²) in [6, 6.07) is 3.76. The second-order valence-electron chi connectivity index (χ2n) is 3.04. The molecule has 0 aliphatic heterocycles. The standard InChI is InChI=1S/C11H11BrO3/c1-7-5-8(3-4-10(13)14)11(12)9(6-7)15-2/h3-6H,1-2H3,(H,13,14)/b4-3+. The highest BCUT2D eigenvalue weighted by atomic mass is 79.9. The van der Waals surface area contributed by atoms with Crippen LogP contribution < -0.4 is 4.74 Å². The minimum absolute atomic E-state index is 0.694. The summed E-state index contributed by atoms with van der Waals surface area (Å²) in [6.45, 7) is 1.92. The molecule has 3 nitrogen and oxygen atoms in total. The molecule has 0 saturated carbocycles. The van der Waals surface area contributed by atoms with E-state index < -0.39 is 5.97 Å². The average Bonchev–Trinajstić information content (AvgIpc) is 2.18. The van der Waals surface area contributed by atoms with Gasteiger partial charge in [0.05, 0.1) is 11.6 Å². The lowest BCUT2D eigenvalue weighted by molar-refractivity contribution is -0.131. The summed E-state index contributed by atoms with van der Waals surface area (Å²) < 4.78 is 5.90. The molecule has 0 aliphatic rings. The predicted octanol–water partition coefficient (Wildman–Crippen LogP) is 2.86. The van der Waals surface area contributed by atoms with Crippen molar-refractivity contribution in [3.8, 4) is 5.75 Å². The van der Waals surface area contributed by atoms with Crippen molar-refractivity contribution < 1.29 is 14.6 Å². The molecule has 1 aromatic carbocycles. The summed E-state index contributed by atoms with van der Waals surface area (Å²) in [5.41, 5.74) is 1.80. The third-order valence-corrected chi connectivity index (χ3v) is 2.69. The molecule has 0 fully saturated rings. The largest absolute Gasteiger partial charge is 0.496 e. The molecule has 1 N–H and O–H groups in total. The van der Waals surface area contributed by atoms with Gasteiger partial charge in [0.1, 0.15) is 5.75 Å². The SMILES string of the molecule is COc1cc(C)cc(/C=C/C(=O)O)c1Br. The smallest absolute Gasteiger partial charge is 0.328 e. The monoisotopic (exact) mass is 270 g/mol.